The summed E-state index contributed by atoms with van der Waals surface area (Å²) < 4.78 is 28.3. The average Bonchev–Trinajstić information content (AvgIpc) is 2.91. The highest BCUT2D eigenvalue weighted by atomic mass is 19.1. The summed E-state index contributed by atoms with van der Waals surface area (Å²) in [6.07, 6.45) is 2.43. The Balaban J connectivity index is 1.88. The van der Waals surface area contributed by atoms with Gasteiger partial charge in [-0.15, -0.1) is 0 Å². The van der Waals surface area contributed by atoms with Crippen LogP contribution in [0.5, 0.6) is 0 Å². The second-order valence-electron chi connectivity index (χ2n) is 4.72. The van der Waals surface area contributed by atoms with Crippen LogP contribution in [0.25, 0.3) is 0 Å². The largest absolute Gasteiger partial charge is 0.387 e. The van der Waals surface area contributed by atoms with Gasteiger partial charge in [-0.05, 0) is 31.2 Å². The molecule has 0 saturated carbocycles. The molecule has 2 rings (SSSR count). The van der Waals surface area contributed by atoms with E-state index in [-0.39, 0.29) is 18.2 Å². The molecule has 4 nitrogen and oxygen atoms in total. The molecular formula is C14H17F2N3O. The van der Waals surface area contributed by atoms with Crippen molar-refractivity contribution in [3.8, 4) is 0 Å². The predicted octanol–water partition coefficient (Wildman–Crippen LogP) is 1.87. The molecule has 20 heavy (non-hydrogen) atoms. The first-order valence-corrected chi connectivity index (χ1v) is 6.40. The summed E-state index contributed by atoms with van der Waals surface area (Å²) in [6.45, 7) is 2.70. The maximum absolute atomic E-state index is 13.5. The monoisotopic (exact) mass is 281 g/mol. The summed E-state index contributed by atoms with van der Waals surface area (Å²) in [5.41, 5.74) is -0.0382. The normalized spacial score (nSPS) is 14.2. The summed E-state index contributed by atoms with van der Waals surface area (Å²) in [7, 11) is 0. The first-order chi connectivity index (χ1) is 9.56. The van der Waals surface area contributed by atoms with E-state index in [1.807, 2.05) is 19.2 Å². The molecule has 0 aliphatic rings. The molecule has 0 aliphatic carbocycles. The van der Waals surface area contributed by atoms with Gasteiger partial charge in [0.15, 0.2) is 0 Å². The van der Waals surface area contributed by atoms with Gasteiger partial charge in [-0.25, -0.2) is 8.78 Å². The summed E-state index contributed by atoms with van der Waals surface area (Å²) in [5.74, 6) is -1.18. The summed E-state index contributed by atoms with van der Waals surface area (Å²) in [4.78, 5) is 0. The second-order valence-corrected chi connectivity index (χ2v) is 4.72. The number of halogens is 2. The molecule has 108 valence electrons. The Hall–Kier alpha value is -1.79. The minimum absolute atomic E-state index is 0.0382. The number of hydrogen-bond donors (Lipinski definition) is 2. The van der Waals surface area contributed by atoms with E-state index in [0.29, 0.717) is 6.54 Å². The Morgan fingerprint density at radius 2 is 2.20 bits per heavy atom. The number of nitrogens with one attached hydrogen (secondary N) is 1. The van der Waals surface area contributed by atoms with E-state index in [0.717, 1.165) is 18.2 Å². The van der Waals surface area contributed by atoms with Gasteiger partial charge in [-0.2, -0.15) is 5.10 Å². The van der Waals surface area contributed by atoms with Crippen molar-refractivity contribution in [3.05, 3.63) is 53.9 Å². The van der Waals surface area contributed by atoms with Crippen LogP contribution in [0.4, 0.5) is 8.78 Å². The van der Waals surface area contributed by atoms with Crippen molar-refractivity contribution in [2.75, 3.05) is 6.54 Å². The molecular weight excluding hydrogens is 264 g/mol. The summed E-state index contributed by atoms with van der Waals surface area (Å²) >= 11 is 0. The van der Waals surface area contributed by atoms with E-state index in [4.69, 9.17) is 0 Å². The van der Waals surface area contributed by atoms with Crippen molar-refractivity contribution < 1.29 is 13.9 Å². The van der Waals surface area contributed by atoms with E-state index in [1.54, 1.807) is 10.9 Å². The Bertz CT molecular complexity index is 545. The minimum Gasteiger partial charge on any atom is -0.387 e. The molecule has 1 heterocycles. The van der Waals surface area contributed by atoms with Crippen LogP contribution >= 0.6 is 0 Å². The first-order valence-electron chi connectivity index (χ1n) is 6.40. The van der Waals surface area contributed by atoms with Crippen molar-refractivity contribution in [1.29, 1.82) is 0 Å². The number of benzene rings is 1. The molecule has 1 aromatic carbocycles. The van der Waals surface area contributed by atoms with Gasteiger partial charge in [-0.3, -0.25) is 4.68 Å². The third kappa shape index (κ3) is 3.85. The molecule has 0 unspecified atom stereocenters. The zero-order valence-electron chi connectivity index (χ0n) is 11.1. The number of nitrogens with zero attached hydrogens (tertiary/aromatic N) is 2. The molecule has 0 aliphatic heterocycles. The first kappa shape index (κ1) is 14.6. The van der Waals surface area contributed by atoms with E-state index < -0.39 is 17.7 Å². The van der Waals surface area contributed by atoms with Crippen LogP contribution < -0.4 is 5.32 Å². The fraction of sp³-hybridized carbons (Fsp3) is 0.357. The molecule has 6 heteroatoms. The number of rotatable bonds is 6. The lowest BCUT2D eigenvalue weighted by molar-refractivity contribution is 0.164. The van der Waals surface area contributed by atoms with Gasteiger partial charge in [0, 0.05) is 30.5 Å². The maximum Gasteiger partial charge on any atom is 0.129 e. The highest BCUT2D eigenvalue weighted by molar-refractivity contribution is 5.21. The summed E-state index contributed by atoms with van der Waals surface area (Å²) in [6, 6.07) is 4.92. The van der Waals surface area contributed by atoms with Gasteiger partial charge >= 0.3 is 0 Å². The van der Waals surface area contributed by atoms with Crippen LogP contribution in [0.15, 0.2) is 36.7 Å². The topological polar surface area (TPSA) is 50.1 Å². The van der Waals surface area contributed by atoms with Gasteiger partial charge in [0.2, 0.25) is 0 Å². The highest BCUT2D eigenvalue weighted by Gasteiger charge is 2.15. The molecule has 0 bridgehead atoms. The fourth-order valence-electron chi connectivity index (χ4n) is 1.95. The lowest BCUT2D eigenvalue weighted by atomic mass is 10.1. The van der Waals surface area contributed by atoms with Crippen molar-refractivity contribution in [2.45, 2.75) is 25.6 Å². The van der Waals surface area contributed by atoms with Crippen LogP contribution in [0.2, 0.25) is 0 Å². The zero-order chi connectivity index (χ0) is 14.5. The van der Waals surface area contributed by atoms with Gasteiger partial charge in [-0.1, -0.05) is 0 Å². The van der Waals surface area contributed by atoms with Crippen LogP contribution in [0.1, 0.15) is 18.6 Å². The minimum atomic E-state index is -1.09. The van der Waals surface area contributed by atoms with E-state index in [1.165, 1.54) is 0 Å². The molecule has 2 N–H and O–H groups in total. The van der Waals surface area contributed by atoms with E-state index >= 15 is 0 Å². The number of aliphatic hydroxyl groups is 1. The Morgan fingerprint density at radius 1 is 1.40 bits per heavy atom. The Morgan fingerprint density at radius 3 is 2.90 bits per heavy atom. The molecule has 0 radical (unpaired) electrons. The molecule has 0 fully saturated rings. The van der Waals surface area contributed by atoms with Crippen LogP contribution in [-0.2, 0) is 6.54 Å². The van der Waals surface area contributed by atoms with Crippen molar-refractivity contribution in [3.63, 3.8) is 0 Å². The number of aromatic nitrogens is 2. The lowest BCUT2D eigenvalue weighted by Crippen LogP contribution is -2.34. The fourth-order valence-corrected chi connectivity index (χ4v) is 1.95. The Labute approximate surface area is 116 Å². The van der Waals surface area contributed by atoms with Crippen LogP contribution in [0, 0.1) is 11.6 Å². The molecule has 2 atom stereocenters. The average molecular weight is 281 g/mol. The summed E-state index contributed by atoms with van der Waals surface area (Å²) in [5, 5.41) is 17.0. The molecule has 1 aromatic heterocycles. The smallest absolute Gasteiger partial charge is 0.129 e. The van der Waals surface area contributed by atoms with Gasteiger partial charge in [0.1, 0.15) is 11.6 Å². The predicted molar refractivity (Wildman–Crippen MR) is 71.0 cm³/mol. The quantitative estimate of drug-likeness (QED) is 0.850. The van der Waals surface area contributed by atoms with Gasteiger partial charge in [0.25, 0.3) is 0 Å². The molecule has 0 amide bonds. The lowest BCUT2D eigenvalue weighted by Gasteiger charge is -2.18. The third-order valence-corrected chi connectivity index (χ3v) is 3.00. The second kappa shape index (κ2) is 6.58. The highest BCUT2D eigenvalue weighted by Crippen LogP contribution is 2.17. The van der Waals surface area contributed by atoms with Crippen molar-refractivity contribution in [2.24, 2.45) is 0 Å². The third-order valence-electron chi connectivity index (χ3n) is 3.00. The van der Waals surface area contributed by atoms with E-state index in [9.17, 15) is 13.9 Å². The SMILES string of the molecule is C[C@H](Cn1cccn1)NC[C@@H](O)c1cc(F)ccc1F. The maximum atomic E-state index is 13.5. The number of hydrogen-bond acceptors (Lipinski definition) is 3. The van der Waals surface area contributed by atoms with Crippen LogP contribution in [-0.4, -0.2) is 27.5 Å². The van der Waals surface area contributed by atoms with Gasteiger partial charge in [0.05, 0.1) is 12.6 Å². The molecule has 0 spiro atoms. The van der Waals surface area contributed by atoms with Crippen molar-refractivity contribution in [1.82, 2.24) is 15.1 Å². The van der Waals surface area contributed by atoms with Crippen molar-refractivity contribution >= 4 is 0 Å². The Kier molecular flexibility index (Phi) is 4.81. The molecule has 0 saturated heterocycles. The zero-order valence-corrected chi connectivity index (χ0v) is 11.1. The standard InChI is InChI=1S/C14H17F2N3O/c1-10(9-19-6-2-5-18-19)17-8-14(20)12-7-11(15)3-4-13(12)16/h2-7,10,14,17,20H,8-9H2,1H3/t10-,14-/m1/s1. The van der Waals surface area contributed by atoms with Crippen LogP contribution in [0.3, 0.4) is 0 Å². The molecule has 2 aromatic rings. The van der Waals surface area contributed by atoms with E-state index in [2.05, 4.69) is 10.4 Å². The number of aliphatic hydroxyl groups excluding tert-OH is 1. The van der Waals surface area contributed by atoms with Gasteiger partial charge < -0.3 is 10.4 Å².